The minimum Gasteiger partial charge on any atom is -0.335 e. The second-order valence-electron chi connectivity index (χ2n) is 8.25. The summed E-state index contributed by atoms with van der Waals surface area (Å²) >= 11 is 0. The Morgan fingerprint density at radius 2 is 1.81 bits per heavy atom. The molecule has 7 heteroatoms. The van der Waals surface area contributed by atoms with Gasteiger partial charge < -0.3 is 10.6 Å². The number of urea groups is 1. The summed E-state index contributed by atoms with van der Waals surface area (Å²) in [4.78, 5) is 12.5. The Balaban J connectivity index is 1.57. The van der Waals surface area contributed by atoms with E-state index in [0.29, 0.717) is 25.9 Å². The fourth-order valence-electron chi connectivity index (χ4n) is 4.21. The summed E-state index contributed by atoms with van der Waals surface area (Å²) in [5.41, 5.74) is 2.63. The van der Waals surface area contributed by atoms with Gasteiger partial charge in [0.1, 0.15) is 0 Å². The van der Waals surface area contributed by atoms with Crippen molar-refractivity contribution in [1.82, 2.24) is 14.9 Å². The van der Waals surface area contributed by atoms with E-state index in [4.69, 9.17) is 0 Å². The number of benzene rings is 1. The molecule has 2 aliphatic rings. The molecule has 1 heterocycles. The number of nitrogens with one attached hydrogen (secondary N) is 2. The number of hydrogen-bond donors (Lipinski definition) is 2. The number of fused-ring (bicyclic) bond motifs is 1. The standard InChI is InChI=1S/C20H31N3O3S/c1-4-27(25,26)23-13-10-15(11-14-23)21-19(24)22-18-9-12-20(2,3)17-8-6-5-7-16(17)18/h5-8,15,18H,4,9-14H2,1-3H3,(H2,21,22,24). The molecule has 1 aliphatic heterocycles. The van der Waals surface area contributed by atoms with Gasteiger partial charge in [0.15, 0.2) is 0 Å². The van der Waals surface area contributed by atoms with Gasteiger partial charge in [-0.15, -0.1) is 0 Å². The van der Waals surface area contributed by atoms with Gasteiger partial charge in [-0.3, -0.25) is 0 Å². The fourth-order valence-corrected chi connectivity index (χ4v) is 5.34. The summed E-state index contributed by atoms with van der Waals surface area (Å²) in [6.07, 6.45) is 3.26. The Hall–Kier alpha value is -1.60. The fraction of sp³-hybridized carbons (Fsp3) is 0.650. The number of nitrogens with zero attached hydrogens (tertiary/aromatic N) is 1. The summed E-state index contributed by atoms with van der Waals surface area (Å²) in [6, 6.07) is 8.22. The van der Waals surface area contributed by atoms with Gasteiger partial charge in [-0.1, -0.05) is 38.1 Å². The van der Waals surface area contributed by atoms with Gasteiger partial charge in [-0.2, -0.15) is 0 Å². The zero-order chi connectivity index (χ0) is 19.7. The van der Waals surface area contributed by atoms with E-state index in [1.807, 2.05) is 6.07 Å². The zero-order valence-electron chi connectivity index (χ0n) is 16.5. The van der Waals surface area contributed by atoms with Gasteiger partial charge >= 0.3 is 6.03 Å². The van der Waals surface area contributed by atoms with Crippen molar-refractivity contribution in [2.45, 2.75) is 64.0 Å². The lowest BCUT2D eigenvalue weighted by atomic mass is 9.71. The normalized spacial score (nSPS) is 23.4. The van der Waals surface area contributed by atoms with Gasteiger partial charge in [0.05, 0.1) is 11.8 Å². The lowest BCUT2D eigenvalue weighted by molar-refractivity contribution is 0.221. The molecule has 0 saturated carbocycles. The molecule has 3 rings (SSSR count). The Morgan fingerprint density at radius 3 is 2.48 bits per heavy atom. The number of sulfonamides is 1. The number of hydrogen-bond acceptors (Lipinski definition) is 3. The van der Waals surface area contributed by atoms with Crippen molar-refractivity contribution < 1.29 is 13.2 Å². The van der Waals surface area contributed by atoms with E-state index >= 15 is 0 Å². The molecule has 0 aromatic heterocycles. The quantitative estimate of drug-likeness (QED) is 0.826. The summed E-state index contributed by atoms with van der Waals surface area (Å²) < 4.78 is 25.4. The van der Waals surface area contributed by atoms with Gasteiger partial charge in [-0.05, 0) is 49.1 Å². The molecule has 27 heavy (non-hydrogen) atoms. The van der Waals surface area contributed by atoms with E-state index in [2.05, 4.69) is 42.7 Å². The van der Waals surface area contributed by atoms with E-state index in [0.717, 1.165) is 12.8 Å². The van der Waals surface area contributed by atoms with Gasteiger partial charge in [-0.25, -0.2) is 17.5 Å². The average molecular weight is 394 g/mol. The number of piperidine rings is 1. The van der Waals surface area contributed by atoms with Crippen LogP contribution in [0.2, 0.25) is 0 Å². The third kappa shape index (κ3) is 4.46. The maximum absolute atomic E-state index is 12.5. The van der Waals surface area contributed by atoms with Crippen LogP contribution in [-0.2, 0) is 15.4 Å². The monoisotopic (exact) mass is 393 g/mol. The summed E-state index contributed by atoms with van der Waals surface area (Å²) in [6.45, 7) is 7.11. The first-order valence-electron chi connectivity index (χ1n) is 9.87. The SMILES string of the molecule is CCS(=O)(=O)N1CCC(NC(=O)NC2CCC(C)(C)c3ccccc32)CC1. The van der Waals surface area contributed by atoms with E-state index in [1.165, 1.54) is 15.4 Å². The molecule has 2 amide bonds. The minimum atomic E-state index is -3.14. The van der Waals surface area contributed by atoms with Crippen molar-refractivity contribution in [2.24, 2.45) is 0 Å². The van der Waals surface area contributed by atoms with Crippen molar-refractivity contribution >= 4 is 16.1 Å². The molecule has 2 N–H and O–H groups in total. The predicted octanol–water partition coefficient (Wildman–Crippen LogP) is 2.91. The molecule has 1 fully saturated rings. The van der Waals surface area contributed by atoms with E-state index in [-0.39, 0.29) is 29.3 Å². The molecule has 1 aromatic carbocycles. The highest BCUT2D eigenvalue weighted by molar-refractivity contribution is 7.89. The van der Waals surface area contributed by atoms with Crippen molar-refractivity contribution in [3.8, 4) is 0 Å². The van der Waals surface area contributed by atoms with Crippen LogP contribution in [0.1, 0.15) is 63.6 Å². The first-order chi connectivity index (χ1) is 12.7. The van der Waals surface area contributed by atoms with E-state index in [1.54, 1.807) is 6.92 Å². The second-order valence-corrected chi connectivity index (χ2v) is 10.5. The lowest BCUT2D eigenvalue weighted by Gasteiger charge is -2.37. The number of carbonyl (C=O) groups is 1. The van der Waals surface area contributed by atoms with E-state index in [9.17, 15) is 13.2 Å². The largest absolute Gasteiger partial charge is 0.335 e. The van der Waals surface area contributed by atoms with Crippen molar-refractivity contribution in [3.63, 3.8) is 0 Å². The molecule has 1 unspecified atom stereocenters. The van der Waals surface area contributed by atoms with Crippen molar-refractivity contribution in [1.29, 1.82) is 0 Å². The van der Waals surface area contributed by atoms with Crippen LogP contribution in [0.4, 0.5) is 4.79 Å². The zero-order valence-corrected chi connectivity index (χ0v) is 17.3. The van der Waals surface area contributed by atoms with Gasteiger partial charge in [0, 0.05) is 19.1 Å². The van der Waals surface area contributed by atoms with Crippen LogP contribution < -0.4 is 10.6 Å². The minimum absolute atomic E-state index is 0.0172. The maximum atomic E-state index is 12.5. The molecule has 0 spiro atoms. The van der Waals surface area contributed by atoms with Crippen LogP contribution in [-0.4, -0.2) is 43.6 Å². The third-order valence-electron chi connectivity index (χ3n) is 5.98. The van der Waals surface area contributed by atoms with Crippen LogP contribution in [0.3, 0.4) is 0 Å². The van der Waals surface area contributed by atoms with Crippen LogP contribution in [0, 0.1) is 0 Å². The van der Waals surface area contributed by atoms with Gasteiger partial charge in [0.25, 0.3) is 0 Å². The number of rotatable bonds is 4. The third-order valence-corrected chi connectivity index (χ3v) is 7.86. The molecule has 6 nitrogen and oxygen atoms in total. The Bertz CT molecular complexity index is 783. The molecule has 0 bridgehead atoms. The first-order valence-corrected chi connectivity index (χ1v) is 11.5. The highest BCUT2D eigenvalue weighted by atomic mass is 32.2. The first kappa shape index (κ1) is 20.1. The van der Waals surface area contributed by atoms with E-state index < -0.39 is 10.0 Å². The van der Waals surface area contributed by atoms with Crippen molar-refractivity contribution in [3.05, 3.63) is 35.4 Å². The van der Waals surface area contributed by atoms with Crippen molar-refractivity contribution in [2.75, 3.05) is 18.8 Å². The average Bonchev–Trinajstić information content (AvgIpc) is 2.65. The molecule has 0 radical (unpaired) electrons. The molecular weight excluding hydrogens is 362 g/mol. The Kier molecular flexibility index (Phi) is 5.82. The van der Waals surface area contributed by atoms with Gasteiger partial charge in [0.2, 0.25) is 10.0 Å². The number of amides is 2. The number of carbonyl (C=O) groups excluding carboxylic acids is 1. The molecule has 150 valence electrons. The highest BCUT2D eigenvalue weighted by Gasteiger charge is 2.33. The molecule has 1 saturated heterocycles. The maximum Gasteiger partial charge on any atom is 0.315 e. The summed E-state index contributed by atoms with van der Waals surface area (Å²) in [5, 5.41) is 6.17. The van der Waals surface area contributed by atoms with Crippen LogP contribution in [0.25, 0.3) is 0 Å². The summed E-state index contributed by atoms with van der Waals surface area (Å²) in [5.74, 6) is 0.128. The molecular formula is C20H31N3O3S. The molecule has 1 atom stereocenters. The summed E-state index contributed by atoms with van der Waals surface area (Å²) in [7, 11) is -3.14. The van der Waals surface area contributed by atoms with Crippen LogP contribution in [0.5, 0.6) is 0 Å². The highest BCUT2D eigenvalue weighted by Crippen LogP contribution is 2.41. The Labute approximate surface area is 162 Å². The smallest absolute Gasteiger partial charge is 0.315 e. The van der Waals surface area contributed by atoms with Crippen LogP contribution in [0.15, 0.2) is 24.3 Å². The molecule has 1 aliphatic carbocycles. The topological polar surface area (TPSA) is 78.5 Å². The lowest BCUT2D eigenvalue weighted by Crippen LogP contribution is -2.50. The Morgan fingerprint density at radius 1 is 1.15 bits per heavy atom. The second kappa shape index (κ2) is 7.80. The van der Waals surface area contributed by atoms with Crippen LogP contribution >= 0.6 is 0 Å². The predicted molar refractivity (Wildman–Crippen MR) is 107 cm³/mol. The molecule has 1 aromatic rings.